The first-order chi connectivity index (χ1) is 6.61. The number of benzene rings is 1. The fourth-order valence-corrected chi connectivity index (χ4v) is 1.31. The maximum atomic E-state index is 10.8. The van der Waals surface area contributed by atoms with Crippen molar-refractivity contribution in [2.75, 3.05) is 14.2 Å². The van der Waals surface area contributed by atoms with Gasteiger partial charge in [-0.05, 0) is 19.1 Å². The maximum Gasteiger partial charge on any atom is 0.128 e. The number of aromatic carboxylic acids is 1. The summed E-state index contributed by atoms with van der Waals surface area (Å²) in [5, 5.41) is 10.8. The van der Waals surface area contributed by atoms with Crippen LogP contribution in [0.2, 0.25) is 0 Å². The summed E-state index contributed by atoms with van der Waals surface area (Å²) < 4.78 is 9.90. The van der Waals surface area contributed by atoms with E-state index in [1.165, 1.54) is 20.3 Å². The van der Waals surface area contributed by atoms with Crippen molar-refractivity contribution in [1.29, 1.82) is 0 Å². The first kappa shape index (κ1) is 10.4. The van der Waals surface area contributed by atoms with Crippen LogP contribution in [0.4, 0.5) is 0 Å². The van der Waals surface area contributed by atoms with Gasteiger partial charge in [0.05, 0.1) is 20.2 Å². The van der Waals surface area contributed by atoms with Crippen LogP contribution < -0.4 is 14.6 Å². The van der Waals surface area contributed by atoms with Gasteiger partial charge in [0.1, 0.15) is 11.5 Å². The van der Waals surface area contributed by atoms with Crippen LogP contribution in [0.1, 0.15) is 15.9 Å². The van der Waals surface area contributed by atoms with E-state index >= 15 is 0 Å². The van der Waals surface area contributed by atoms with Crippen molar-refractivity contribution >= 4 is 5.97 Å². The molecule has 0 aromatic heterocycles. The second-order valence-corrected chi connectivity index (χ2v) is 2.76. The molecule has 0 unspecified atom stereocenters. The second kappa shape index (κ2) is 4.00. The van der Waals surface area contributed by atoms with Gasteiger partial charge in [-0.25, -0.2) is 0 Å². The van der Waals surface area contributed by atoms with Crippen molar-refractivity contribution in [3.8, 4) is 11.5 Å². The van der Waals surface area contributed by atoms with Gasteiger partial charge in [-0.1, -0.05) is 0 Å². The SMILES string of the molecule is COc1ccc(OC)c(C(=O)[O-])c1C. The number of carbonyl (C=O) groups is 1. The number of methoxy groups -OCH3 is 2. The molecule has 0 spiro atoms. The van der Waals surface area contributed by atoms with E-state index in [2.05, 4.69) is 0 Å². The lowest BCUT2D eigenvalue weighted by Gasteiger charge is -2.14. The van der Waals surface area contributed by atoms with Crippen molar-refractivity contribution in [2.45, 2.75) is 6.92 Å². The summed E-state index contributed by atoms with van der Waals surface area (Å²) in [5.74, 6) is -0.480. The molecule has 0 radical (unpaired) electrons. The third-order valence-electron chi connectivity index (χ3n) is 2.02. The number of carboxylic acid groups (broad SMARTS) is 1. The van der Waals surface area contributed by atoms with Gasteiger partial charge in [0.2, 0.25) is 0 Å². The first-order valence-corrected chi connectivity index (χ1v) is 4.04. The van der Waals surface area contributed by atoms with Gasteiger partial charge in [0.25, 0.3) is 0 Å². The third-order valence-corrected chi connectivity index (χ3v) is 2.02. The molecule has 0 heterocycles. The quantitative estimate of drug-likeness (QED) is 0.699. The molecular weight excluding hydrogens is 184 g/mol. The molecule has 0 saturated heterocycles. The van der Waals surface area contributed by atoms with E-state index in [4.69, 9.17) is 9.47 Å². The fourth-order valence-electron chi connectivity index (χ4n) is 1.31. The lowest BCUT2D eigenvalue weighted by atomic mass is 10.1. The predicted molar refractivity (Wildman–Crippen MR) is 48.6 cm³/mol. The normalized spacial score (nSPS) is 9.64. The van der Waals surface area contributed by atoms with Crippen LogP contribution in [0.15, 0.2) is 12.1 Å². The van der Waals surface area contributed by atoms with Gasteiger partial charge in [-0.15, -0.1) is 0 Å². The lowest BCUT2D eigenvalue weighted by Crippen LogP contribution is -2.24. The molecule has 0 saturated carbocycles. The number of rotatable bonds is 3. The molecular formula is C10H11O4-. The molecule has 14 heavy (non-hydrogen) atoms. The molecule has 1 aromatic rings. The maximum absolute atomic E-state index is 10.8. The number of ether oxygens (including phenoxy) is 2. The number of carbonyl (C=O) groups excluding carboxylic acids is 1. The highest BCUT2D eigenvalue weighted by Crippen LogP contribution is 2.28. The highest BCUT2D eigenvalue weighted by atomic mass is 16.5. The van der Waals surface area contributed by atoms with Gasteiger partial charge < -0.3 is 19.4 Å². The smallest absolute Gasteiger partial charge is 0.128 e. The molecule has 0 N–H and O–H groups in total. The Balaban J connectivity index is 3.39. The molecule has 1 rings (SSSR count). The molecule has 0 bridgehead atoms. The molecule has 0 fully saturated rings. The molecule has 0 aliphatic heterocycles. The Morgan fingerprint density at radius 2 is 1.71 bits per heavy atom. The molecule has 0 amide bonds. The summed E-state index contributed by atoms with van der Waals surface area (Å²) >= 11 is 0. The molecule has 0 atom stereocenters. The zero-order valence-corrected chi connectivity index (χ0v) is 8.29. The molecule has 76 valence electrons. The van der Waals surface area contributed by atoms with E-state index in [0.29, 0.717) is 11.3 Å². The van der Waals surface area contributed by atoms with Crippen LogP contribution in [-0.4, -0.2) is 20.2 Å². The molecule has 0 aliphatic carbocycles. The van der Waals surface area contributed by atoms with E-state index in [9.17, 15) is 9.90 Å². The Bertz CT molecular complexity index is 357. The highest BCUT2D eigenvalue weighted by molar-refractivity contribution is 5.91. The zero-order chi connectivity index (χ0) is 10.7. The monoisotopic (exact) mass is 195 g/mol. The van der Waals surface area contributed by atoms with E-state index in [-0.39, 0.29) is 11.3 Å². The Morgan fingerprint density at radius 3 is 2.14 bits per heavy atom. The van der Waals surface area contributed by atoms with Crippen molar-refractivity contribution in [3.05, 3.63) is 23.3 Å². The Labute approximate surface area is 82.1 Å². The van der Waals surface area contributed by atoms with E-state index in [1.54, 1.807) is 13.0 Å². The molecule has 4 nitrogen and oxygen atoms in total. The Morgan fingerprint density at radius 1 is 1.21 bits per heavy atom. The van der Waals surface area contributed by atoms with E-state index in [0.717, 1.165) is 0 Å². The third kappa shape index (κ3) is 1.64. The summed E-state index contributed by atoms with van der Waals surface area (Å²) in [7, 11) is 2.89. The van der Waals surface area contributed by atoms with E-state index in [1.807, 2.05) is 0 Å². The molecule has 4 heteroatoms. The summed E-state index contributed by atoms with van der Waals surface area (Å²) in [6, 6.07) is 3.19. The number of hydrogen-bond donors (Lipinski definition) is 0. The topological polar surface area (TPSA) is 58.6 Å². The van der Waals surface area contributed by atoms with Gasteiger partial charge in [0, 0.05) is 11.1 Å². The van der Waals surface area contributed by atoms with Gasteiger partial charge in [0.15, 0.2) is 0 Å². The average Bonchev–Trinajstić information content (AvgIpc) is 2.16. The van der Waals surface area contributed by atoms with Crippen molar-refractivity contribution < 1.29 is 19.4 Å². The Kier molecular flexibility index (Phi) is 2.96. The minimum atomic E-state index is -1.27. The standard InChI is InChI=1S/C10H12O4/c1-6-7(13-2)4-5-8(14-3)9(6)10(11)12/h4-5H,1-3H3,(H,11,12)/p-1. The highest BCUT2D eigenvalue weighted by Gasteiger charge is 2.11. The summed E-state index contributed by atoms with van der Waals surface area (Å²) in [5.41, 5.74) is 0.540. The largest absolute Gasteiger partial charge is 0.545 e. The number of hydrogen-bond acceptors (Lipinski definition) is 4. The van der Waals surface area contributed by atoms with Crippen molar-refractivity contribution in [3.63, 3.8) is 0 Å². The second-order valence-electron chi connectivity index (χ2n) is 2.76. The van der Waals surface area contributed by atoms with Crippen molar-refractivity contribution in [2.24, 2.45) is 0 Å². The number of carboxylic acids is 1. The average molecular weight is 195 g/mol. The summed E-state index contributed by atoms with van der Waals surface area (Å²) in [4.78, 5) is 10.8. The lowest BCUT2D eigenvalue weighted by molar-refractivity contribution is -0.255. The van der Waals surface area contributed by atoms with Crippen molar-refractivity contribution in [1.82, 2.24) is 0 Å². The van der Waals surface area contributed by atoms with Gasteiger partial charge in [-0.3, -0.25) is 0 Å². The van der Waals surface area contributed by atoms with Crippen LogP contribution in [0.5, 0.6) is 11.5 Å². The minimum Gasteiger partial charge on any atom is -0.545 e. The van der Waals surface area contributed by atoms with Crippen LogP contribution in [0.25, 0.3) is 0 Å². The van der Waals surface area contributed by atoms with Crippen LogP contribution in [0.3, 0.4) is 0 Å². The van der Waals surface area contributed by atoms with Gasteiger partial charge >= 0.3 is 0 Å². The predicted octanol–water partition coefficient (Wildman–Crippen LogP) is 0.376. The minimum absolute atomic E-state index is 0.0341. The molecule has 0 aliphatic rings. The Hall–Kier alpha value is -1.71. The van der Waals surface area contributed by atoms with Crippen LogP contribution in [-0.2, 0) is 0 Å². The first-order valence-electron chi connectivity index (χ1n) is 4.04. The molecule has 1 aromatic carbocycles. The summed E-state index contributed by atoms with van der Waals surface area (Å²) in [6.07, 6.45) is 0. The van der Waals surface area contributed by atoms with Gasteiger partial charge in [-0.2, -0.15) is 0 Å². The van der Waals surface area contributed by atoms with E-state index < -0.39 is 5.97 Å². The zero-order valence-electron chi connectivity index (χ0n) is 8.29. The van der Waals surface area contributed by atoms with Crippen LogP contribution >= 0.6 is 0 Å². The fraction of sp³-hybridized carbons (Fsp3) is 0.300. The summed E-state index contributed by atoms with van der Waals surface area (Å²) in [6.45, 7) is 1.65. The van der Waals surface area contributed by atoms with Crippen LogP contribution in [0, 0.1) is 6.92 Å².